The zero-order chi connectivity index (χ0) is 18.0. The summed E-state index contributed by atoms with van der Waals surface area (Å²) < 4.78 is 109. The van der Waals surface area contributed by atoms with E-state index in [1.54, 1.807) is 0 Å². The van der Waals surface area contributed by atoms with Crippen molar-refractivity contribution in [2.45, 2.75) is 0 Å². The van der Waals surface area contributed by atoms with Gasteiger partial charge in [0.1, 0.15) is 0 Å². The zero-order valence-electron chi connectivity index (χ0n) is 10.9. The molecule has 0 aliphatic heterocycles. The summed E-state index contributed by atoms with van der Waals surface area (Å²) in [5.41, 5.74) is 0. The average molecular weight is 573 g/mol. The standard InChI is InChI=1S/4CH4O3S.Ir/c4*1-5(2,3)4;/h4*1H3,(H,2,3,4);/q;;;;+4/p-4. The Labute approximate surface area is 137 Å². The quantitative estimate of drug-likeness (QED) is 0.259. The van der Waals surface area contributed by atoms with Gasteiger partial charge in [-0.1, -0.05) is 0 Å². The molecule has 0 bridgehead atoms. The summed E-state index contributed by atoms with van der Waals surface area (Å²) in [4.78, 5) is 0. The van der Waals surface area contributed by atoms with Crippen molar-refractivity contribution in [3.8, 4) is 0 Å². The average Bonchev–Trinajstić information content (AvgIpc) is 1.62. The van der Waals surface area contributed by atoms with Gasteiger partial charge in [0.15, 0.2) is 0 Å². The van der Waals surface area contributed by atoms with E-state index >= 15 is 0 Å². The van der Waals surface area contributed by atoms with Crippen LogP contribution < -0.4 is 0 Å². The first-order chi connectivity index (χ1) is 8.00. The van der Waals surface area contributed by atoms with Gasteiger partial charge in [0, 0.05) is 25.0 Å². The van der Waals surface area contributed by atoms with Gasteiger partial charge in [-0.2, -0.15) is 0 Å². The molecule has 17 heteroatoms. The molecule has 0 aromatic rings. The van der Waals surface area contributed by atoms with E-state index in [1.165, 1.54) is 0 Å². The van der Waals surface area contributed by atoms with Gasteiger partial charge in [-0.15, -0.1) is 0 Å². The van der Waals surface area contributed by atoms with E-state index < -0.39 is 40.5 Å². The minimum atomic E-state index is -3.92. The molecule has 1 radical (unpaired) electrons. The minimum absolute atomic E-state index is 0. The predicted molar refractivity (Wildman–Crippen MR) is 62.5 cm³/mol. The molecule has 0 fully saturated rings. The summed E-state index contributed by atoms with van der Waals surface area (Å²) in [6.45, 7) is 0. The first-order valence-corrected chi connectivity index (χ1v) is 10.9. The largest absolute Gasteiger partial charge is 4.00 e. The maximum absolute atomic E-state index is 9.08. The summed E-state index contributed by atoms with van der Waals surface area (Å²) in [6.07, 6.45) is 2.42. The van der Waals surface area contributed by atoms with Crippen molar-refractivity contribution in [1.82, 2.24) is 0 Å². The molecule has 0 rings (SSSR count). The summed E-state index contributed by atoms with van der Waals surface area (Å²) in [5, 5.41) is 0. The van der Waals surface area contributed by atoms with Crippen molar-refractivity contribution < 1.29 is 72.0 Å². The predicted octanol–water partition coefficient (Wildman–Crippen LogP) is -3.36. The SMILES string of the molecule is CS(=O)(=O)[O-].CS(=O)(=O)[O-].CS(=O)(=O)[O-].CS(=O)(=O)[O-].[Ir+4]. The molecule has 0 amide bonds. The third-order valence-electron chi connectivity index (χ3n) is 0. The van der Waals surface area contributed by atoms with Gasteiger partial charge in [0.25, 0.3) is 0 Å². The molecule has 0 aliphatic carbocycles. The molecule has 0 aromatic carbocycles. The molecule has 0 saturated heterocycles. The molecule has 0 heterocycles. The second-order valence-electron chi connectivity index (χ2n) is 2.82. The Morgan fingerprint density at radius 3 is 0.429 bits per heavy atom. The zero-order valence-corrected chi connectivity index (χ0v) is 16.5. The fourth-order valence-corrected chi connectivity index (χ4v) is 0. The van der Waals surface area contributed by atoms with Gasteiger partial charge < -0.3 is 18.2 Å². The van der Waals surface area contributed by atoms with Crippen molar-refractivity contribution in [1.29, 1.82) is 0 Å². The fourth-order valence-electron chi connectivity index (χ4n) is 0. The molecule has 133 valence electrons. The van der Waals surface area contributed by atoms with Crippen molar-refractivity contribution in [3.63, 3.8) is 0 Å². The van der Waals surface area contributed by atoms with Gasteiger partial charge in [0.2, 0.25) is 0 Å². The van der Waals surface area contributed by atoms with E-state index in [1.807, 2.05) is 0 Å². The van der Waals surface area contributed by atoms with Crippen molar-refractivity contribution in [2.75, 3.05) is 25.0 Å². The van der Waals surface area contributed by atoms with Gasteiger partial charge >= 0.3 is 20.1 Å². The van der Waals surface area contributed by atoms with Crippen LogP contribution in [0.2, 0.25) is 0 Å². The monoisotopic (exact) mass is 573 g/mol. The van der Waals surface area contributed by atoms with Crippen LogP contribution in [0.25, 0.3) is 0 Å². The van der Waals surface area contributed by atoms with Crippen LogP contribution in [0.5, 0.6) is 0 Å². The van der Waals surface area contributed by atoms with E-state index in [0.29, 0.717) is 25.0 Å². The third kappa shape index (κ3) is 81100. The van der Waals surface area contributed by atoms with Crippen LogP contribution >= 0.6 is 0 Å². The van der Waals surface area contributed by atoms with Gasteiger partial charge in [-0.3, -0.25) is 0 Å². The first-order valence-electron chi connectivity index (χ1n) is 3.63. The summed E-state index contributed by atoms with van der Waals surface area (Å²) in [6, 6.07) is 0. The van der Waals surface area contributed by atoms with Crippen molar-refractivity contribution >= 4 is 40.5 Å². The summed E-state index contributed by atoms with van der Waals surface area (Å²) >= 11 is 0. The van der Waals surface area contributed by atoms with E-state index in [0.717, 1.165) is 0 Å². The van der Waals surface area contributed by atoms with Crippen molar-refractivity contribution in [2.24, 2.45) is 0 Å². The van der Waals surface area contributed by atoms with Gasteiger partial charge in [-0.25, -0.2) is 33.7 Å². The molecule has 0 spiro atoms. The summed E-state index contributed by atoms with van der Waals surface area (Å²) in [5.74, 6) is 0. The van der Waals surface area contributed by atoms with Gasteiger partial charge in [-0.05, 0) is 0 Å². The Morgan fingerprint density at radius 2 is 0.429 bits per heavy atom. The van der Waals surface area contributed by atoms with E-state index in [4.69, 9.17) is 51.9 Å². The molecule has 0 N–H and O–H groups in total. The molecule has 0 aromatic heterocycles. The molecular formula is C4H12IrO12S4. The Kier molecular flexibility index (Phi) is 20.1. The fraction of sp³-hybridized carbons (Fsp3) is 1.00. The number of hydrogen-bond acceptors (Lipinski definition) is 12. The second-order valence-corrected chi connectivity index (χ2v) is 8.45. The second kappa shape index (κ2) is 12.8. The van der Waals surface area contributed by atoms with E-state index in [9.17, 15) is 0 Å². The normalized spacial score (nSPS) is 11.0. The van der Waals surface area contributed by atoms with E-state index in [2.05, 4.69) is 0 Å². The summed E-state index contributed by atoms with van der Waals surface area (Å²) in [7, 11) is -15.7. The Morgan fingerprint density at radius 1 is 0.429 bits per heavy atom. The maximum atomic E-state index is 9.08. The number of rotatable bonds is 0. The van der Waals surface area contributed by atoms with Crippen LogP contribution in [0.1, 0.15) is 0 Å². The molecule has 0 saturated carbocycles. The van der Waals surface area contributed by atoms with Crippen LogP contribution in [-0.2, 0) is 60.6 Å². The van der Waals surface area contributed by atoms with Crippen LogP contribution in [0, 0.1) is 0 Å². The minimum Gasteiger partial charge on any atom is -0.748 e. The van der Waals surface area contributed by atoms with Crippen LogP contribution in [0.4, 0.5) is 0 Å². The third-order valence-corrected chi connectivity index (χ3v) is 0. The Hall–Kier alpha value is 0.289. The smallest absolute Gasteiger partial charge is 0.748 e. The number of hydrogen-bond donors (Lipinski definition) is 0. The molecule has 12 nitrogen and oxygen atoms in total. The molecule has 0 atom stereocenters. The molecule has 0 aliphatic rings. The molecule has 0 unspecified atom stereocenters. The molecule has 21 heavy (non-hydrogen) atoms. The molecular weight excluding hydrogens is 561 g/mol. The van der Waals surface area contributed by atoms with Crippen LogP contribution in [0.3, 0.4) is 0 Å². The van der Waals surface area contributed by atoms with E-state index in [-0.39, 0.29) is 20.1 Å². The van der Waals surface area contributed by atoms with Crippen LogP contribution in [0.15, 0.2) is 0 Å². The van der Waals surface area contributed by atoms with Gasteiger partial charge in [0.05, 0.1) is 40.5 Å². The van der Waals surface area contributed by atoms with Crippen LogP contribution in [-0.4, -0.2) is 76.9 Å². The Bertz CT molecular complexity index is 486. The maximum Gasteiger partial charge on any atom is 4.00 e. The topological polar surface area (TPSA) is 229 Å². The Balaban J connectivity index is -0.0000000533. The first kappa shape index (κ1) is 33.0. The van der Waals surface area contributed by atoms with Crippen molar-refractivity contribution in [3.05, 3.63) is 0 Å².